The third-order valence-electron chi connectivity index (χ3n) is 2.48. The number of sulfonamides is 1. The van der Waals surface area contributed by atoms with Crippen LogP contribution in [0.1, 0.15) is 13.8 Å². The van der Waals surface area contributed by atoms with Gasteiger partial charge in [-0.2, -0.15) is 0 Å². The van der Waals surface area contributed by atoms with Crippen LogP contribution in [0, 0.1) is 5.92 Å². The first-order chi connectivity index (χ1) is 8.88. The van der Waals surface area contributed by atoms with Crippen molar-refractivity contribution in [2.75, 3.05) is 5.73 Å². The smallest absolute Gasteiger partial charge is 0.255 e. The minimum atomic E-state index is -3.61. The molecule has 1 aliphatic rings. The molecule has 0 spiro atoms. The van der Waals surface area contributed by atoms with Crippen molar-refractivity contribution in [2.45, 2.75) is 18.7 Å². The van der Waals surface area contributed by atoms with Crippen LogP contribution in [-0.4, -0.2) is 12.9 Å². The summed E-state index contributed by atoms with van der Waals surface area (Å²) < 4.78 is 25.6. The van der Waals surface area contributed by atoms with Crippen molar-refractivity contribution in [3.8, 4) is 0 Å². The molecule has 104 valence electrons. The van der Waals surface area contributed by atoms with Crippen LogP contribution in [-0.2, 0) is 10.0 Å². The number of anilines is 1. The molecule has 1 aliphatic heterocycles. The molecule has 8 heteroatoms. The highest BCUT2D eigenvalue weighted by atomic mass is 32.2. The summed E-state index contributed by atoms with van der Waals surface area (Å²) in [5.74, 6) is 0.337. The maximum absolute atomic E-state index is 12.1. The summed E-state index contributed by atoms with van der Waals surface area (Å²) >= 11 is 1.31. The lowest BCUT2D eigenvalue weighted by atomic mass is 10.2. The molecular formula is C11H16N4O2S2. The van der Waals surface area contributed by atoms with Crippen molar-refractivity contribution < 1.29 is 8.42 Å². The molecule has 1 aromatic carbocycles. The number of benzene rings is 1. The summed E-state index contributed by atoms with van der Waals surface area (Å²) in [5.41, 5.74) is 8.90. The lowest BCUT2D eigenvalue weighted by molar-refractivity contribution is 0.377. The molecule has 19 heavy (non-hydrogen) atoms. The zero-order valence-electron chi connectivity index (χ0n) is 10.6. The largest absolute Gasteiger partial charge is 0.399 e. The summed E-state index contributed by atoms with van der Waals surface area (Å²) in [5, 5.41) is 0. The van der Waals surface area contributed by atoms with Gasteiger partial charge >= 0.3 is 0 Å². The van der Waals surface area contributed by atoms with Crippen molar-refractivity contribution in [3.63, 3.8) is 0 Å². The summed E-state index contributed by atoms with van der Waals surface area (Å²) in [6.45, 7) is 4.08. The number of hydrogen-bond acceptors (Lipinski definition) is 6. The highest BCUT2D eigenvalue weighted by Crippen LogP contribution is 2.29. The van der Waals surface area contributed by atoms with Gasteiger partial charge in [-0.3, -0.25) is 0 Å². The molecule has 1 aromatic rings. The van der Waals surface area contributed by atoms with Gasteiger partial charge in [0, 0.05) is 16.8 Å². The number of nitrogens with two attached hydrogens (primary N) is 1. The molecule has 0 amide bonds. The number of allylic oxidation sites excluding steroid dienone is 1. The van der Waals surface area contributed by atoms with Gasteiger partial charge in [0.2, 0.25) is 0 Å². The SMILES string of the molecule is CC(C)C1=CNN(NS(=O)(=O)c2ccc(N)cc2)S1. The van der Waals surface area contributed by atoms with E-state index >= 15 is 0 Å². The topological polar surface area (TPSA) is 87.5 Å². The number of rotatable bonds is 4. The van der Waals surface area contributed by atoms with E-state index in [0.717, 1.165) is 4.91 Å². The van der Waals surface area contributed by atoms with Crippen LogP contribution >= 0.6 is 11.9 Å². The quantitative estimate of drug-likeness (QED) is 0.576. The zero-order chi connectivity index (χ0) is 14.0. The first kappa shape index (κ1) is 14.2. The number of nitrogen functional groups attached to an aromatic ring is 1. The van der Waals surface area contributed by atoms with Crippen molar-refractivity contribution in [2.24, 2.45) is 5.92 Å². The van der Waals surface area contributed by atoms with Gasteiger partial charge in [-0.05, 0) is 42.1 Å². The van der Waals surface area contributed by atoms with E-state index < -0.39 is 10.0 Å². The average Bonchev–Trinajstić information content (AvgIpc) is 2.77. The van der Waals surface area contributed by atoms with E-state index in [-0.39, 0.29) is 4.90 Å². The van der Waals surface area contributed by atoms with Gasteiger partial charge < -0.3 is 11.2 Å². The first-order valence-electron chi connectivity index (χ1n) is 5.71. The van der Waals surface area contributed by atoms with Crippen LogP contribution in [0.3, 0.4) is 0 Å². The minimum Gasteiger partial charge on any atom is -0.399 e. The highest BCUT2D eigenvalue weighted by molar-refractivity contribution is 8.01. The second kappa shape index (κ2) is 5.41. The Labute approximate surface area is 117 Å². The van der Waals surface area contributed by atoms with Crippen molar-refractivity contribution >= 4 is 27.7 Å². The fourth-order valence-electron chi connectivity index (χ4n) is 1.41. The molecule has 0 saturated carbocycles. The van der Waals surface area contributed by atoms with E-state index in [1.807, 2.05) is 13.8 Å². The molecule has 0 atom stereocenters. The Hall–Kier alpha value is -1.22. The van der Waals surface area contributed by atoms with Gasteiger partial charge in [0.05, 0.1) is 4.90 Å². The van der Waals surface area contributed by atoms with Crippen LogP contribution in [0.15, 0.2) is 40.3 Å². The molecule has 6 nitrogen and oxygen atoms in total. The van der Waals surface area contributed by atoms with Gasteiger partial charge in [-0.15, -0.1) is 4.83 Å². The Kier molecular flexibility index (Phi) is 4.04. The normalized spacial score (nSPS) is 16.5. The number of nitrogens with one attached hydrogen (secondary N) is 2. The molecule has 2 rings (SSSR count). The second-order valence-corrected chi connectivity index (χ2v) is 7.06. The maximum Gasteiger partial charge on any atom is 0.255 e. The van der Waals surface area contributed by atoms with Gasteiger partial charge in [0.15, 0.2) is 0 Å². The third kappa shape index (κ3) is 3.41. The highest BCUT2D eigenvalue weighted by Gasteiger charge is 2.23. The predicted molar refractivity (Wildman–Crippen MR) is 76.7 cm³/mol. The summed E-state index contributed by atoms with van der Waals surface area (Å²) in [6, 6.07) is 6.04. The molecule has 4 N–H and O–H groups in total. The van der Waals surface area contributed by atoms with Crippen molar-refractivity contribution in [3.05, 3.63) is 35.4 Å². The molecule has 0 bridgehead atoms. The number of hydrazine groups is 2. The van der Waals surface area contributed by atoms with Gasteiger partial charge in [-0.25, -0.2) is 8.42 Å². The van der Waals surface area contributed by atoms with Crippen LogP contribution in [0.2, 0.25) is 0 Å². The van der Waals surface area contributed by atoms with Gasteiger partial charge in [-0.1, -0.05) is 18.4 Å². The zero-order valence-corrected chi connectivity index (χ0v) is 12.3. The lowest BCUT2D eigenvalue weighted by Crippen LogP contribution is -2.41. The van der Waals surface area contributed by atoms with E-state index in [2.05, 4.69) is 10.3 Å². The van der Waals surface area contributed by atoms with E-state index in [4.69, 9.17) is 5.73 Å². The van der Waals surface area contributed by atoms with Crippen LogP contribution < -0.4 is 16.0 Å². The van der Waals surface area contributed by atoms with E-state index in [9.17, 15) is 8.42 Å². The van der Waals surface area contributed by atoms with E-state index in [0.29, 0.717) is 11.6 Å². The molecule has 0 unspecified atom stereocenters. The predicted octanol–water partition coefficient (Wildman–Crippen LogP) is 1.43. The summed E-state index contributed by atoms with van der Waals surface area (Å²) in [4.78, 5) is 3.66. The Morgan fingerprint density at radius 3 is 2.47 bits per heavy atom. The Bertz CT molecular complexity index is 581. The number of nitrogens with zero attached hydrogens (tertiary/aromatic N) is 1. The molecule has 0 radical (unpaired) electrons. The monoisotopic (exact) mass is 300 g/mol. The molecule has 0 saturated heterocycles. The van der Waals surface area contributed by atoms with Crippen LogP contribution in [0.5, 0.6) is 0 Å². The summed E-state index contributed by atoms with van der Waals surface area (Å²) in [7, 11) is -3.61. The van der Waals surface area contributed by atoms with Crippen molar-refractivity contribution in [1.82, 2.24) is 14.8 Å². The molecule has 0 aromatic heterocycles. The van der Waals surface area contributed by atoms with E-state index in [1.54, 1.807) is 18.3 Å². The summed E-state index contributed by atoms with van der Waals surface area (Å²) in [6.07, 6.45) is 1.78. The van der Waals surface area contributed by atoms with Gasteiger partial charge in [0.25, 0.3) is 10.0 Å². The molecular weight excluding hydrogens is 284 g/mol. The molecule has 1 heterocycles. The fraction of sp³-hybridized carbons (Fsp3) is 0.273. The third-order valence-corrected chi connectivity index (χ3v) is 5.09. The Morgan fingerprint density at radius 2 is 1.95 bits per heavy atom. The average molecular weight is 300 g/mol. The minimum absolute atomic E-state index is 0.169. The van der Waals surface area contributed by atoms with E-state index in [1.165, 1.54) is 28.6 Å². The standard InChI is InChI=1S/C11H16N4O2S2/c1-8(2)11-7-13-15(18-11)14-19(16,17)10-5-3-9(12)4-6-10/h3-8,13-14H,12H2,1-2H3. The van der Waals surface area contributed by atoms with Crippen LogP contribution in [0.25, 0.3) is 0 Å². The van der Waals surface area contributed by atoms with Crippen LogP contribution in [0.4, 0.5) is 5.69 Å². The van der Waals surface area contributed by atoms with Crippen molar-refractivity contribution in [1.29, 1.82) is 0 Å². The lowest BCUT2D eigenvalue weighted by Gasteiger charge is -2.16. The first-order valence-corrected chi connectivity index (χ1v) is 7.96. The maximum atomic E-state index is 12.1. The Balaban J connectivity index is 2.05. The fourth-order valence-corrected chi connectivity index (χ4v) is 3.35. The van der Waals surface area contributed by atoms with Gasteiger partial charge in [0.1, 0.15) is 0 Å². The molecule has 0 aliphatic carbocycles. The Morgan fingerprint density at radius 1 is 1.32 bits per heavy atom. The molecule has 0 fully saturated rings. The number of hydrogen-bond donors (Lipinski definition) is 3. The second-order valence-electron chi connectivity index (χ2n) is 4.38.